The van der Waals surface area contributed by atoms with E-state index in [4.69, 9.17) is 4.74 Å². The Morgan fingerprint density at radius 1 is 1.32 bits per heavy atom. The Kier molecular flexibility index (Phi) is 5.06. The van der Waals surface area contributed by atoms with Crippen LogP contribution in [0.15, 0.2) is 18.2 Å². The maximum atomic E-state index is 12.7. The third kappa shape index (κ3) is 3.59. The van der Waals surface area contributed by atoms with Gasteiger partial charge in [0, 0.05) is 18.2 Å². The van der Waals surface area contributed by atoms with Crippen molar-refractivity contribution in [1.82, 2.24) is 4.90 Å². The molecule has 120 valence electrons. The monoisotopic (exact) mass is 305 g/mol. The molecule has 1 heterocycles. The summed E-state index contributed by atoms with van der Waals surface area (Å²) in [6.07, 6.45) is 2.84. The van der Waals surface area contributed by atoms with E-state index >= 15 is 0 Å². The second-order valence-electron chi connectivity index (χ2n) is 5.92. The Balaban J connectivity index is 2.34. The van der Waals surface area contributed by atoms with Crippen molar-refractivity contribution in [1.29, 1.82) is 0 Å². The molecule has 1 aliphatic rings. The lowest BCUT2D eigenvalue weighted by atomic mass is 10.1. The zero-order valence-corrected chi connectivity index (χ0v) is 13.3. The molecule has 1 saturated heterocycles. The number of rotatable bonds is 5. The number of nitrogens with zero attached hydrogens (tertiary/aromatic N) is 1. The Morgan fingerprint density at radius 3 is 2.59 bits per heavy atom. The summed E-state index contributed by atoms with van der Waals surface area (Å²) in [5.74, 6) is -0.747. The summed E-state index contributed by atoms with van der Waals surface area (Å²) in [4.78, 5) is 25.8. The van der Waals surface area contributed by atoms with Gasteiger partial charge in [0.05, 0.1) is 11.7 Å². The van der Waals surface area contributed by atoms with Crippen molar-refractivity contribution in [2.24, 2.45) is 0 Å². The van der Waals surface area contributed by atoms with Crippen LogP contribution in [0.5, 0.6) is 5.75 Å². The van der Waals surface area contributed by atoms with Crippen molar-refractivity contribution in [3.63, 3.8) is 0 Å². The van der Waals surface area contributed by atoms with E-state index in [1.54, 1.807) is 6.07 Å². The van der Waals surface area contributed by atoms with E-state index in [0.717, 1.165) is 25.8 Å². The van der Waals surface area contributed by atoms with Gasteiger partial charge in [-0.3, -0.25) is 4.79 Å². The topological polar surface area (TPSA) is 66.8 Å². The second-order valence-corrected chi connectivity index (χ2v) is 5.92. The van der Waals surface area contributed by atoms with Crippen LogP contribution in [0.1, 0.15) is 60.7 Å². The van der Waals surface area contributed by atoms with Crippen LogP contribution in [-0.4, -0.2) is 40.6 Å². The maximum Gasteiger partial charge on any atom is 0.335 e. The minimum Gasteiger partial charge on any atom is -0.491 e. The molecule has 1 aromatic rings. The highest BCUT2D eigenvalue weighted by Gasteiger charge is 2.28. The van der Waals surface area contributed by atoms with Crippen molar-refractivity contribution in [3.05, 3.63) is 29.3 Å². The smallest absolute Gasteiger partial charge is 0.335 e. The Morgan fingerprint density at radius 2 is 2.00 bits per heavy atom. The van der Waals surface area contributed by atoms with Gasteiger partial charge in [0.25, 0.3) is 5.91 Å². The number of likely N-dealkylation sites (tertiary alicyclic amines) is 1. The lowest BCUT2D eigenvalue weighted by molar-refractivity contribution is 0.0696. The number of ether oxygens (including phenoxy) is 1. The molecule has 0 unspecified atom stereocenters. The van der Waals surface area contributed by atoms with Crippen LogP contribution in [0.3, 0.4) is 0 Å². The molecule has 5 nitrogen and oxygen atoms in total. The fourth-order valence-electron chi connectivity index (χ4n) is 2.88. The first kappa shape index (κ1) is 16.3. The van der Waals surface area contributed by atoms with Crippen molar-refractivity contribution < 1.29 is 19.4 Å². The Labute approximate surface area is 130 Å². The summed E-state index contributed by atoms with van der Waals surface area (Å²) in [7, 11) is 0. The SMILES string of the molecule is CC[C@H]1CCCN1C(=O)c1cc(OC(C)C)cc(C(=O)O)c1. The molecule has 5 heteroatoms. The Bertz CT molecular complexity index is 568. The van der Waals surface area contributed by atoms with E-state index in [1.165, 1.54) is 12.1 Å². The minimum atomic E-state index is -1.06. The van der Waals surface area contributed by atoms with Gasteiger partial charge in [0.15, 0.2) is 0 Å². The van der Waals surface area contributed by atoms with Gasteiger partial charge in [-0.1, -0.05) is 6.92 Å². The predicted octanol–water partition coefficient (Wildman–Crippen LogP) is 3.19. The number of carboxylic acids is 1. The van der Waals surface area contributed by atoms with Gasteiger partial charge in [-0.25, -0.2) is 4.79 Å². The van der Waals surface area contributed by atoms with Crippen LogP contribution in [0.25, 0.3) is 0 Å². The van der Waals surface area contributed by atoms with Crippen molar-refractivity contribution >= 4 is 11.9 Å². The molecule has 2 rings (SSSR count). The second kappa shape index (κ2) is 6.81. The number of benzene rings is 1. The molecule has 1 aliphatic heterocycles. The number of carbonyl (C=O) groups excluding carboxylic acids is 1. The molecule has 0 aliphatic carbocycles. The van der Waals surface area contributed by atoms with E-state index in [0.29, 0.717) is 11.3 Å². The number of hydrogen-bond acceptors (Lipinski definition) is 3. The van der Waals surface area contributed by atoms with Crippen molar-refractivity contribution in [2.75, 3.05) is 6.54 Å². The van der Waals surface area contributed by atoms with Gasteiger partial charge in [-0.05, 0) is 51.3 Å². The molecular formula is C17H23NO4. The van der Waals surface area contributed by atoms with Crippen LogP contribution in [-0.2, 0) is 0 Å². The molecule has 1 fully saturated rings. The molecule has 22 heavy (non-hydrogen) atoms. The molecule has 0 aromatic heterocycles. The molecule has 0 spiro atoms. The van der Waals surface area contributed by atoms with Crippen molar-refractivity contribution in [3.8, 4) is 5.75 Å². The summed E-state index contributed by atoms with van der Waals surface area (Å²) in [6, 6.07) is 4.78. The summed E-state index contributed by atoms with van der Waals surface area (Å²) in [6.45, 7) is 6.53. The van der Waals surface area contributed by atoms with Gasteiger partial charge >= 0.3 is 5.97 Å². The molecule has 0 saturated carbocycles. The van der Waals surface area contributed by atoms with Gasteiger partial charge in [0.1, 0.15) is 5.75 Å². The first-order chi connectivity index (χ1) is 10.4. The quantitative estimate of drug-likeness (QED) is 0.907. The lowest BCUT2D eigenvalue weighted by Gasteiger charge is -2.24. The summed E-state index contributed by atoms with van der Waals surface area (Å²) < 4.78 is 5.58. The highest BCUT2D eigenvalue weighted by atomic mass is 16.5. The molecule has 1 atom stereocenters. The first-order valence-corrected chi connectivity index (χ1v) is 7.78. The zero-order valence-electron chi connectivity index (χ0n) is 13.3. The highest BCUT2D eigenvalue weighted by molar-refractivity contribution is 5.98. The van der Waals surface area contributed by atoms with Gasteiger partial charge in [0.2, 0.25) is 0 Å². The minimum absolute atomic E-state index is 0.0775. The third-order valence-corrected chi connectivity index (χ3v) is 3.88. The van der Waals surface area contributed by atoms with E-state index in [2.05, 4.69) is 6.92 Å². The average Bonchev–Trinajstić information content (AvgIpc) is 2.93. The number of carbonyl (C=O) groups is 2. The number of aromatic carboxylic acids is 1. The Hall–Kier alpha value is -2.04. The van der Waals surface area contributed by atoms with Crippen LogP contribution >= 0.6 is 0 Å². The van der Waals surface area contributed by atoms with Gasteiger partial charge < -0.3 is 14.7 Å². The fraction of sp³-hybridized carbons (Fsp3) is 0.529. The number of hydrogen-bond donors (Lipinski definition) is 1. The summed E-state index contributed by atoms with van der Waals surface area (Å²) in [5.41, 5.74) is 0.463. The predicted molar refractivity (Wildman–Crippen MR) is 83.5 cm³/mol. The normalized spacial score (nSPS) is 17.8. The maximum absolute atomic E-state index is 12.7. The molecule has 1 N–H and O–H groups in total. The lowest BCUT2D eigenvalue weighted by Crippen LogP contribution is -2.35. The van der Waals surface area contributed by atoms with Crippen LogP contribution < -0.4 is 4.74 Å². The molecule has 1 aromatic carbocycles. The summed E-state index contributed by atoms with van der Waals surface area (Å²) in [5, 5.41) is 9.23. The molecule has 1 amide bonds. The third-order valence-electron chi connectivity index (χ3n) is 3.88. The zero-order chi connectivity index (χ0) is 16.3. The van der Waals surface area contributed by atoms with Crippen LogP contribution in [0.4, 0.5) is 0 Å². The van der Waals surface area contributed by atoms with Crippen LogP contribution in [0.2, 0.25) is 0 Å². The van der Waals surface area contributed by atoms with E-state index < -0.39 is 5.97 Å². The number of amides is 1. The fourth-order valence-corrected chi connectivity index (χ4v) is 2.88. The van der Waals surface area contributed by atoms with E-state index in [9.17, 15) is 14.7 Å². The average molecular weight is 305 g/mol. The van der Waals surface area contributed by atoms with Crippen LogP contribution in [0, 0.1) is 0 Å². The van der Waals surface area contributed by atoms with E-state index in [-0.39, 0.29) is 23.6 Å². The highest BCUT2D eigenvalue weighted by Crippen LogP contribution is 2.25. The molecular weight excluding hydrogens is 282 g/mol. The van der Waals surface area contributed by atoms with Crippen molar-refractivity contribution in [2.45, 2.75) is 52.2 Å². The molecule has 0 radical (unpaired) electrons. The largest absolute Gasteiger partial charge is 0.491 e. The summed E-state index contributed by atoms with van der Waals surface area (Å²) >= 11 is 0. The van der Waals surface area contributed by atoms with E-state index in [1.807, 2.05) is 18.7 Å². The first-order valence-electron chi connectivity index (χ1n) is 7.78. The van der Waals surface area contributed by atoms with Gasteiger partial charge in [-0.15, -0.1) is 0 Å². The van der Waals surface area contributed by atoms with Gasteiger partial charge in [-0.2, -0.15) is 0 Å². The standard InChI is InChI=1S/C17H23NO4/c1-4-14-6-5-7-18(14)16(19)12-8-13(17(20)21)10-15(9-12)22-11(2)3/h8-11,14H,4-7H2,1-3H3,(H,20,21)/t14-/m0/s1. The number of carboxylic acid groups (broad SMARTS) is 1. The molecule has 0 bridgehead atoms.